The smallest absolute Gasteiger partial charge is 0.194 e. The molecule has 0 spiro atoms. The number of sulfone groups is 2. The van der Waals surface area contributed by atoms with Crippen molar-refractivity contribution in [2.45, 2.75) is 85.8 Å². The zero-order valence-corrected chi connectivity index (χ0v) is 32.8. The topological polar surface area (TPSA) is 144 Å². The molecule has 0 bridgehead atoms. The molecule has 5 aromatic carbocycles. The Morgan fingerprint density at radius 2 is 0.885 bits per heavy atom. The van der Waals surface area contributed by atoms with Gasteiger partial charge in [0, 0.05) is 44.7 Å². The number of aryl methyl sites for hydroxylation is 2. The largest absolute Gasteiger partial charge is 0.383 e. The number of fused-ring (bicyclic) bond motifs is 2. The van der Waals surface area contributed by atoms with E-state index in [1.807, 2.05) is 24.3 Å². The van der Waals surface area contributed by atoms with Crippen molar-refractivity contribution < 1.29 is 16.8 Å². The molecule has 0 saturated heterocycles. The van der Waals surface area contributed by atoms with Gasteiger partial charge in [0.25, 0.3) is 0 Å². The van der Waals surface area contributed by atoms with E-state index in [2.05, 4.69) is 36.6 Å². The minimum Gasteiger partial charge on any atom is -0.383 e. The highest BCUT2D eigenvalue weighted by Crippen LogP contribution is 2.33. The molecule has 5 rings (SSSR count). The summed E-state index contributed by atoms with van der Waals surface area (Å²) in [5, 5.41) is 8.78. The standard InChI is InChI=1S/C40H48Cl2N4O4S2/c1-27-19-20-28(2)40(46-26-12-4-6-18-38(44)52(49,50)36-24-22-34(42)30-14-8-10-16-32(30)36)39(27)45-25-11-3-5-17-37(43)51(47,48)35-23-21-33(41)29-13-7-9-15-31(29)35/h7-10,13-16,19-24,37-38,45-46H,3-6,11-12,17-18,25-26,43-44H2,1-2H3. The molecule has 12 heteroatoms. The molecule has 0 radical (unpaired) electrons. The van der Waals surface area contributed by atoms with Gasteiger partial charge in [-0.15, -0.1) is 0 Å². The van der Waals surface area contributed by atoms with Crippen molar-refractivity contribution in [1.29, 1.82) is 0 Å². The molecule has 0 heterocycles. The van der Waals surface area contributed by atoms with Gasteiger partial charge in [-0.1, -0.05) is 110 Å². The van der Waals surface area contributed by atoms with Gasteiger partial charge in [0.15, 0.2) is 19.7 Å². The van der Waals surface area contributed by atoms with E-state index < -0.39 is 30.4 Å². The lowest BCUT2D eigenvalue weighted by Crippen LogP contribution is -2.30. The fourth-order valence-corrected chi connectivity index (χ4v) is 10.1. The molecule has 8 nitrogen and oxygen atoms in total. The summed E-state index contributed by atoms with van der Waals surface area (Å²) in [6.07, 6.45) is 5.49. The van der Waals surface area contributed by atoms with Gasteiger partial charge in [0.05, 0.1) is 21.2 Å². The number of hydrogen-bond donors (Lipinski definition) is 4. The van der Waals surface area contributed by atoms with Crippen LogP contribution in [-0.2, 0) is 19.7 Å². The summed E-state index contributed by atoms with van der Waals surface area (Å²) in [6.45, 7) is 5.61. The van der Waals surface area contributed by atoms with Gasteiger partial charge in [-0.2, -0.15) is 0 Å². The van der Waals surface area contributed by atoms with E-state index >= 15 is 0 Å². The van der Waals surface area contributed by atoms with Crippen LogP contribution in [0, 0.1) is 13.8 Å². The van der Waals surface area contributed by atoms with Crippen LogP contribution in [0.4, 0.5) is 11.4 Å². The number of nitrogens with two attached hydrogens (primary N) is 2. The van der Waals surface area contributed by atoms with Gasteiger partial charge < -0.3 is 22.1 Å². The minimum atomic E-state index is -3.72. The maximum absolute atomic E-state index is 13.4. The van der Waals surface area contributed by atoms with Crippen LogP contribution < -0.4 is 22.1 Å². The van der Waals surface area contributed by atoms with Gasteiger partial charge in [-0.05, 0) is 74.9 Å². The van der Waals surface area contributed by atoms with Crippen LogP contribution in [-0.4, -0.2) is 40.7 Å². The van der Waals surface area contributed by atoms with Crippen molar-refractivity contribution >= 4 is 75.8 Å². The van der Waals surface area contributed by atoms with Gasteiger partial charge in [0.2, 0.25) is 0 Å². The molecule has 0 aromatic heterocycles. The fraction of sp³-hybridized carbons (Fsp3) is 0.350. The number of rotatable bonds is 18. The van der Waals surface area contributed by atoms with Crippen molar-refractivity contribution in [3.8, 4) is 0 Å². The second-order valence-corrected chi connectivity index (χ2v) is 18.4. The predicted octanol–water partition coefficient (Wildman–Crippen LogP) is 9.38. The SMILES string of the molecule is Cc1ccc(C)c(NCCCCCC(N)S(=O)(=O)c2ccc(Cl)c3ccccc23)c1NCCCCCC(N)S(=O)(=O)c1ccc(Cl)c2ccccc12. The lowest BCUT2D eigenvalue weighted by Gasteiger charge is -2.19. The number of unbranched alkanes of at least 4 members (excludes halogenated alkanes) is 4. The number of hydrogen-bond acceptors (Lipinski definition) is 8. The predicted molar refractivity (Wildman–Crippen MR) is 218 cm³/mol. The molecule has 2 unspecified atom stereocenters. The van der Waals surface area contributed by atoms with E-state index in [1.54, 1.807) is 48.5 Å². The lowest BCUT2D eigenvalue weighted by molar-refractivity contribution is 0.560. The summed E-state index contributed by atoms with van der Waals surface area (Å²) in [6, 6.07) is 24.9. The first-order valence-electron chi connectivity index (χ1n) is 17.8. The third-order valence-corrected chi connectivity index (χ3v) is 14.3. The molecule has 52 heavy (non-hydrogen) atoms. The summed E-state index contributed by atoms with van der Waals surface area (Å²) in [7, 11) is -7.44. The van der Waals surface area contributed by atoms with Crippen LogP contribution in [0.25, 0.3) is 21.5 Å². The van der Waals surface area contributed by atoms with E-state index in [0.29, 0.717) is 57.3 Å². The molecule has 0 fully saturated rings. The Hall–Kier alpha value is -3.38. The van der Waals surface area contributed by atoms with E-state index in [4.69, 9.17) is 34.7 Å². The molecular formula is C40H48Cl2N4O4S2. The highest BCUT2D eigenvalue weighted by molar-refractivity contribution is 7.92. The van der Waals surface area contributed by atoms with Crippen LogP contribution in [0.1, 0.15) is 62.5 Å². The summed E-state index contributed by atoms with van der Waals surface area (Å²) >= 11 is 12.6. The van der Waals surface area contributed by atoms with Crippen LogP contribution in [0.2, 0.25) is 10.0 Å². The third-order valence-electron chi connectivity index (χ3n) is 9.63. The molecule has 6 N–H and O–H groups in total. The van der Waals surface area contributed by atoms with Crippen molar-refractivity contribution in [2.75, 3.05) is 23.7 Å². The molecule has 278 valence electrons. The Morgan fingerprint density at radius 1 is 0.519 bits per heavy atom. The van der Waals surface area contributed by atoms with E-state index in [9.17, 15) is 16.8 Å². The van der Waals surface area contributed by atoms with Crippen molar-refractivity contribution in [2.24, 2.45) is 11.5 Å². The Kier molecular flexibility index (Phi) is 13.5. The third kappa shape index (κ3) is 9.04. The van der Waals surface area contributed by atoms with Crippen LogP contribution in [0.5, 0.6) is 0 Å². The molecule has 5 aromatic rings. The van der Waals surface area contributed by atoms with Crippen LogP contribution in [0.15, 0.2) is 94.7 Å². The van der Waals surface area contributed by atoms with Crippen molar-refractivity contribution in [3.05, 3.63) is 106 Å². The van der Waals surface area contributed by atoms with Crippen molar-refractivity contribution in [1.82, 2.24) is 0 Å². The second-order valence-electron chi connectivity index (χ2n) is 13.4. The van der Waals surface area contributed by atoms with Gasteiger partial charge in [-0.25, -0.2) is 16.8 Å². The average Bonchev–Trinajstić information content (AvgIpc) is 3.13. The molecule has 2 atom stereocenters. The monoisotopic (exact) mass is 782 g/mol. The first-order valence-corrected chi connectivity index (χ1v) is 21.6. The van der Waals surface area contributed by atoms with Gasteiger partial charge in [-0.3, -0.25) is 0 Å². The highest BCUT2D eigenvalue weighted by atomic mass is 35.5. The fourth-order valence-electron chi connectivity index (χ4n) is 6.59. The molecular weight excluding hydrogens is 736 g/mol. The Labute approximate surface area is 318 Å². The maximum Gasteiger partial charge on any atom is 0.194 e. The lowest BCUT2D eigenvalue weighted by atomic mass is 10.1. The van der Waals surface area contributed by atoms with Crippen LogP contribution >= 0.6 is 23.2 Å². The molecule has 0 saturated carbocycles. The zero-order valence-electron chi connectivity index (χ0n) is 29.7. The summed E-state index contributed by atoms with van der Waals surface area (Å²) in [5.41, 5.74) is 16.9. The maximum atomic E-state index is 13.4. The molecule has 0 aliphatic rings. The normalized spacial score (nSPS) is 13.3. The van der Waals surface area contributed by atoms with E-state index in [1.165, 1.54) is 0 Å². The quantitative estimate of drug-likeness (QED) is 0.0644. The van der Waals surface area contributed by atoms with Crippen LogP contribution in [0.3, 0.4) is 0 Å². The average molecular weight is 784 g/mol. The minimum absolute atomic E-state index is 0.219. The summed E-state index contributed by atoms with van der Waals surface area (Å²) < 4.78 is 53.5. The Bertz CT molecular complexity index is 2090. The van der Waals surface area contributed by atoms with E-state index in [-0.39, 0.29) is 9.79 Å². The van der Waals surface area contributed by atoms with Gasteiger partial charge >= 0.3 is 0 Å². The number of benzene rings is 5. The number of anilines is 2. The molecule has 0 amide bonds. The first kappa shape index (κ1) is 39.8. The zero-order chi connectivity index (χ0) is 37.5. The van der Waals surface area contributed by atoms with Gasteiger partial charge in [0.1, 0.15) is 10.7 Å². The summed E-state index contributed by atoms with van der Waals surface area (Å²) in [4.78, 5) is 0.437. The Balaban J connectivity index is 1.06. The molecule has 0 aliphatic heterocycles. The first-order chi connectivity index (χ1) is 24.8. The van der Waals surface area contributed by atoms with E-state index in [0.717, 1.165) is 61.3 Å². The van der Waals surface area contributed by atoms with Crippen molar-refractivity contribution in [3.63, 3.8) is 0 Å². The number of nitrogens with one attached hydrogen (secondary N) is 2. The number of halogens is 2. The second kappa shape index (κ2) is 17.6. The molecule has 0 aliphatic carbocycles. The highest BCUT2D eigenvalue weighted by Gasteiger charge is 2.27. The summed E-state index contributed by atoms with van der Waals surface area (Å²) in [5.74, 6) is 0. The Morgan fingerprint density at radius 3 is 1.27 bits per heavy atom.